The Bertz CT molecular complexity index is 759. The number of nitrogens with zero attached hydrogens (tertiary/aromatic N) is 6. The molecule has 0 unspecified atom stereocenters. The minimum Gasteiger partial charge on any atom is -0.354 e. The molecule has 0 spiro atoms. The molecule has 1 aromatic heterocycles. The first-order valence-electron chi connectivity index (χ1n) is 10.4. The van der Waals surface area contributed by atoms with Gasteiger partial charge in [-0.2, -0.15) is 10.5 Å². The molecule has 154 valence electrons. The van der Waals surface area contributed by atoms with Crippen LogP contribution >= 0.6 is 0 Å². The lowest BCUT2D eigenvalue weighted by Gasteiger charge is -2.35. The number of nitriles is 2. The zero-order valence-electron chi connectivity index (χ0n) is 16.8. The van der Waals surface area contributed by atoms with Gasteiger partial charge in [0.15, 0.2) is 0 Å². The van der Waals surface area contributed by atoms with Crippen LogP contribution in [0.1, 0.15) is 37.7 Å². The Hall–Kier alpha value is -2.68. The maximum atomic E-state index is 12.4. The highest BCUT2D eigenvalue weighted by Gasteiger charge is 2.31. The molecule has 2 fully saturated rings. The summed E-state index contributed by atoms with van der Waals surface area (Å²) >= 11 is 0. The SMILES string of the molecule is N#Cc1ccc(N2CCN(CCCC[C@H](N)C(=O)N3CCC[C@H]3C#N)CC2)nc1. The summed E-state index contributed by atoms with van der Waals surface area (Å²) in [6, 6.07) is 7.21. The van der Waals surface area contributed by atoms with Crippen molar-refractivity contribution >= 4 is 11.7 Å². The molecule has 0 radical (unpaired) electrons. The first kappa shape index (κ1) is 21.0. The Labute approximate surface area is 172 Å². The van der Waals surface area contributed by atoms with Crippen molar-refractivity contribution in [1.82, 2.24) is 14.8 Å². The van der Waals surface area contributed by atoms with E-state index in [9.17, 15) is 4.79 Å². The standard InChI is InChI=1S/C21H29N7O/c22-14-17-6-7-20(25-16-17)27-12-10-26(11-13-27)8-2-1-5-19(24)21(29)28-9-3-4-18(28)15-23/h6-7,16,18-19H,1-5,8-13,24H2/t18-,19-/m0/s1. The minimum absolute atomic E-state index is 0.0717. The number of rotatable bonds is 7. The average Bonchev–Trinajstić information content (AvgIpc) is 3.25. The average molecular weight is 396 g/mol. The summed E-state index contributed by atoms with van der Waals surface area (Å²) < 4.78 is 0. The molecule has 1 aromatic rings. The molecular weight excluding hydrogens is 366 g/mol. The molecule has 0 saturated carbocycles. The topological polar surface area (TPSA) is 113 Å². The molecule has 2 N–H and O–H groups in total. The fourth-order valence-corrected chi connectivity index (χ4v) is 4.04. The van der Waals surface area contributed by atoms with Crippen LogP contribution in [0.15, 0.2) is 18.3 Å². The van der Waals surface area contributed by atoms with E-state index in [0.29, 0.717) is 18.5 Å². The number of likely N-dealkylation sites (tertiary alicyclic amines) is 1. The van der Waals surface area contributed by atoms with Crippen molar-refractivity contribution in [3.8, 4) is 12.1 Å². The molecule has 2 aliphatic heterocycles. The molecule has 0 bridgehead atoms. The van der Waals surface area contributed by atoms with E-state index < -0.39 is 6.04 Å². The van der Waals surface area contributed by atoms with Gasteiger partial charge in [-0.05, 0) is 44.4 Å². The summed E-state index contributed by atoms with van der Waals surface area (Å²) in [5.74, 6) is 0.850. The molecule has 2 saturated heterocycles. The van der Waals surface area contributed by atoms with Gasteiger partial charge in [-0.3, -0.25) is 9.69 Å². The lowest BCUT2D eigenvalue weighted by Crippen LogP contribution is -2.47. The Kier molecular flexibility index (Phi) is 7.40. The summed E-state index contributed by atoms with van der Waals surface area (Å²) in [6.07, 6.45) is 5.86. The molecule has 1 amide bonds. The lowest BCUT2D eigenvalue weighted by molar-refractivity contribution is -0.132. The van der Waals surface area contributed by atoms with Crippen LogP contribution in [0.2, 0.25) is 0 Å². The Balaban J connectivity index is 1.33. The number of hydrogen-bond acceptors (Lipinski definition) is 7. The van der Waals surface area contributed by atoms with Crippen LogP contribution in [0.5, 0.6) is 0 Å². The first-order chi connectivity index (χ1) is 14.1. The second-order valence-corrected chi connectivity index (χ2v) is 7.77. The molecule has 2 atom stereocenters. The van der Waals surface area contributed by atoms with Gasteiger partial charge in [-0.15, -0.1) is 0 Å². The van der Waals surface area contributed by atoms with E-state index in [1.165, 1.54) is 0 Å². The number of pyridine rings is 1. The van der Waals surface area contributed by atoms with Gasteiger partial charge in [0.05, 0.1) is 17.7 Å². The van der Waals surface area contributed by atoms with Gasteiger partial charge >= 0.3 is 0 Å². The summed E-state index contributed by atoms with van der Waals surface area (Å²) in [4.78, 5) is 23.1. The van der Waals surface area contributed by atoms with Crippen molar-refractivity contribution < 1.29 is 4.79 Å². The fraction of sp³-hybridized carbons (Fsp3) is 0.619. The monoisotopic (exact) mass is 395 g/mol. The molecule has 0 aromatic carbocycles. The van der Waals surface area contributed by atoms with Gasteiger partial charge in [0, 0.05) is 38.9 Å². The fourth-order valence-electron chi connectivity index (χ4n) is 4.04. The van der Waals surface area contributed by atoms with Crippen molar-refractivity contribution in [2.45, 2.75) is 44.2 Å². The molecular formula is C21H29N7O. The second-order valence-electron chi connectivity index (χ2n) is 7.77. The normalized spacial score (nSPS) is 20.9. The van der Waals surface area contributed by atoms with Crippen LogP contribution in [-0.2, 0) is 4.79 Å². The van der Waals surface area contributed by atoms with Crippen LogP contribution in [0, 0.1) is 22.7 Å². The van der Waals surface area contributed by atoms with Gasteiger partial charge in [0.25, 0.3) is 0 Å². The van der Waals surface area contributed by atoms with Crippen LogP contribution in [0.4, 0.5) is 5.82 Å². The van der Waals surface area contributed by atoms with Gasteiger partial charge in [0.2, 0.25) is 5.91 Å². The highest BCUT2D eigenvalue weighted by Crippen LogP contribution is 2.18. The van der Waals surface area contributed by atoms with E-state index in [4.69, 9.17) is 16.3 Å². The highest BCUT2D eigenvalue weighted by molar-refractivity contribution is 5.82. The molecule has 3 heterocycles. The number of amides is 1. The van der Waals surface area contributed by atoms with E-state index >= 15 is 0 Å². The summed E-state index contributed by atoms with van der Waals surface area (Å²) in [5.41, 5.74) is 6.67. The van der Waals surface area contributed by atoms with Crippen LogP contribution in [0.25, 0.3) is 0 Å². The third-order valence-electron chi connectivity index (χ3n) is 5.81. The zero-order chi connectivity index (χ0) is 20.6. The van der Waals surface area contributed by atoms with Gasteiger partial charge in [-0.25, -0.2) is 4.98 Å². The Morgan fingerprint density at radius 3 is 2.66 bits per heavy atom. The smallest absolute Gasteiger partial charge is 0.240 e. The van der Waals surface area contributed by atoms with E-state index in [0.717, 1.165) is 64.2 Å². The molecule has 29 heavy (non-hydrogen) atoms. The van der Waals surface area contributed by atoms with Gasteiger partial charge < -0.3 is 15.5 Å². The third-order valence-corrected chi connectivity index (χ3v) is 5.81. The quantitative estimate of drug-likeness (QED) is 0.687. The first-order valence-corrected chi connectivity index (χ1v) is 10.4. The van der Waals surface area contributed by atoms with E-state index in [1.807, 2.05) is 6.07 Å². The van der Waals surface area contributed by atoms with Crippen LogP contribution in [-0.4, -0.2) is 72.0 Å². The number of anilines is 1. The van der Waals surface area contributed by atoms with Crippen molar-refractivity contribution in [1.29, 1.82) is 10.5 Å². The lowest BCUT2D eigenvalue weighted by atomic mass is 10.1. The van der Waals surface area contributed by atoms with E-state index in [1.54, 1.807) is 17.2 Å². The predicted molar refractivity (Wildman–Crippen MR) is 110 cm³/mol. The van der Waals surface area contributed by atoms with E-state index in [-0.39, 0.29) is 11.9 Å². The van der Waals surface area contributed by atoms with Gasteiger partial charge in [0.1, 0.15) is 17.9 Å². The molecule has 0 aliphatic carbocycles. The summed E-state index contributed by atoms with van der Waals surface area (Å²) in [6.45, 7) is 5.45. The Morgan fingerprint density at radius 1 is 1.21 bits per heavy atom. The number of unbranched alkanes of at least 4 members (excludes halogenated alkanes) is 1. The summed E-state index contributed by atoms with van der Waals surface area (Å²) in [7, 11) is 0. The highest BCUT2D eigenvalue weighted by atomic mass is 16.2. The Morgan fingerprint density at radius 2 is 2.00 bits per heavy atom. The predicted octanol–water partition coefficient (Wildman–Crippen LogP) is 1.09. The van der Waals surface area contributed by atoms with Crippen molar-refractivity contribution in [2.24, 2.45) is 5.73 Å². The maximum Gasteiger partial charge on any atom is 0.240 e. The maximum absolute atomic E-state index is 12.4. The summed E-state index contributed by atoms with van der Waals surface area (Å²) in [5, 5.41) is 18.0. The largest absolute Gasteiger partial charge is 0.354 e. The number of hydrogen-bond donors (Lipinski definition) is 1. The van der Waals surface area contributed by atoms with Crippen LogP contribution < -0.4 is 10.6 Å². The van der Waals surface area contributed by atoms with Gasteiger partial charge in [-0.1, -0.05) is 6.42 Å². The van der Waals surface area contributed by atoms with Crippen LogP contribution in [0.3, 0.4) is 0 Å². The van der Waals surface area contributed by atoms with Crippen molar-refractivity contribution in [2.75, 3.05) is 44.2 Å². The number of carbonyl (C=O) groups is 1. The molecule has 2 aliphatic rings. The van der Waals surface area contributed by atoms with Crippen molar-refractivity contribution in [3.05, 3.63) is 23.9 Å². The number of carbonyl (C=O) groups excluding carboxylic acids is 1. The molecule has 8 heteroatoms. The van der Waals surface area contributed by atoms with E-state index in [2.05, 4.69) is 26.9 Å². The number of nitrogens with two attached hydrogens (primary N) is 1. The molecule has 8 nitrogen and oxygen atoms in total. The zero-order valence-corrected chi connectivity index (χ0v) is 16.8. The minimum atomic E-state index is -0.497. The second kappa shape index (κ2) is 10.2. The number of aromatic nitrogens is 1. The third kappa shape index (κ3) is 5.44. The molecule has 3 rings (SSSR count). The number of piperazine rings is 1. The van der Waals surface area contributed by atoms with Crippen molar-refractivity contribution in [3.63, 3.8) is 0 Å².